The molecular formula is C22H32N6. The summed E-state index contributed by atoms with van der Waals surface area (Å²) in [7, 11) is 4.24. The minimum absolute atomic E-state index is 0.160. The fourth-order valence-corrected chi connectivity index (χ4v) is 3.74. The smallest absolute Gasteiger partial charge is 0.149 e. The quantitative estimate of drug-likeness (QED) is 0.646. The van der Waals surface area contributed by atoms with E-state index in [1.54, 1.807) is 6.20 Å². The molecule has 1 aromatic rings. The van der Waals surface area contributed by atoms with Crippen molar-refractivity contribution in [3.8, 4) is 0 Å². The van der Waals surface area contributed by atoms with Crippen LogP contribution in [0.5, 0.6) is 0 Å². The number of para-hydroxylation sites is 1. The van der Waals surface area contributed by atoms with Gasteiger partial charge in [0.25, 0.3) is 0 Å². The van der Waals surface area contributed by atoms with E-state index in [-0.39, 0.29) is 6.17 Å². The molecule has 0 aromatic heterocycles. The number of nitrogens with zero attached hydrogens (tertiary/aromatic N) is 3. The first-order valence-electron chi connectivity index (χ1n) is 9.98. The van der Waals surface area contributed by atoms with E-state index in [0.29, 0.717) is 11.8 Å². The molecule has 0 spiro atoms. The third-order valence-corrected chi connectivity index (χ3v) is 5.30. The molecule has 4 N–H and O–H groups in total. The molecule has 28 heavy (non-hydrogen) atoms. The first-order valence-corrected chi connectivity index (χ1v) is 9.98. The van der Waals surface area contributed by atoms with E-state index in [1.807, 2.05) is 31.3 Å². The van der Waals surface area contributed by atoms with E-state index < -0.39 is 0 Å². The molecule has 2 aliphatic heterocycles. The van der Waals surface area contributed by atoms with Gasteiger partial charge in [-0.25, -0.2) is 4.99 Å². The number of hydrogen-bond donors (Lipinski definition) is 3. The van der Waals surface area contributed by atoms with Gasteiger partial charge in [-0.05, 0) is 58.5 Å². The summed E-state index contributed by atoms with van der Waals surface area (Å²) in [5.74, 6) is 1.03. The molecule has 6 heteroatoms. The lowest BCUT2D eigenvalue weighted by Crippen LogP contribution is -2.43. The minimum Gasteiger partial charge on any atom is -0.382 e. The van der Waals surface area contributed by atoms with E-state index in [0.717, 1.165) is 42.2 Å². The Kier molecular flexibility index (Phi) is 6.41. The standard InChI is InChI=1S/C22H32N6/c1-5-16(12-14-27(3)4)22-26-19(20-21(23)24-13-15-28(20)22)18(6-2)25-17-10-8-7-9-11-17/h6-11,13,15-16,22,25-26H,5,12,14H2,1-4H3,(H2,23,24)/b18-6-. The highest BCUT2D eigenvalue weighted by Gasteiger charge is 2.38. The van der Waals surface area contributed by atoms with Crippen LogP contribution in [0.25, 0.3) is 0 Å². The Morgan fingerprint density at radius 1 is 1.36 bits per heavy atom. The number of allylic oxidation sites excluding steroid dienone is 1. The number of nitrogens with one attached hydrogen (secondary N) is 2. The lowest BCUT2D eigenvalue weighted by Gasteiger charge is -2.33. The fraction of sp³-hybridized carbons (Fsp3) is 0.409. The summed E-state index contributed by atoms with van der Waals surface area (Å²) in [6.45, 7) is 5.35. The van der Waals surface area contributed by atoms with Gasteiger partial charge >= 0.3 is 0 Å². The molecule has 2 aliphatic rings. The third-order valence-electron chi connectivity index (χ3n) is 5.30. The van der Waals surface area contributed by atoms with Gasteiger partial charge in [-0.1, -0.05) is 31.2 Å². The normalized spacial score (nSPS) is 20.2. The first kappa shape index (κ1) is 20.0. The van der Waals surface area contributed by atoms with E-state index in [1.165, 1.54) is 0 Å². The highest BCUT2D eigenvalue weighted by molar-refractivity contribution is 5.99. The molecule has 150 valence electrons. The van der Waals surface area contributed by atoms with Crippen LogP contribution < -0.4 is 16.4 Å². The molecule has 2 atom stereocenters. The van der Waals surface area contributed by atoms with Crippen LogP contribution in [0, 0.1) is 5.92 Å². The van der Waals surface area contributed by atoms with E-state index in [9.17, 15) is 0 Å². The number of aliphatic imine (C=N–C) groups is 1. The maximum atomic E-state index is 6.32. The molecule has 0 saturated carbocycles. The van der Waals surface area contributed by atoms with Crippen LogP contribution in [0.2, 0.25) is 0 Å². The van der Waals surface area contributed by atoms with Crippen LogP contribution in [-0.4, -0.2) is 42.4 Å². The summed E-state index contributed by atoms with van der Waals surface area (Å²) in [5.41, 5.74) is 10.3. The van der Waals surface area contributed by atoms with Gasteiger partial charge in [0, 0.05) is 18.1 Å². The van der Waals surface area contributed by atoms with Crippen molar-refractivity contribution in [1.29, 1.82) is 0 Å². The second kappa shape index (κ2) is 8.97. The number of rotatable bonds is 8. The van der Waals surface area contributed by atoms with Crippen LogP contribution in [0.1, 0.15) is 26.7 Å². The Morgan fingerprint density at radius 3 is 2.75 bits per heavy atom. The summed E-state index contributed by atoms with van der Waals surface area (Å²) in [6, 6.07) is 10.2. The highest BCUT2D eigenvalue weighted by Crippen LogP contribution is 2.33. The van der Waals surface area contributed by atoms with E-state index >= 15 is 0 Å². The largest absolute Gasteiger partial charge is 0.382 e. The number of amidine groups is 1. The highest BCUT2D eigenvalue weighted by atomic mass is 15.4. The van der Waals surface area contributed by atoms with Crippen LogP contribution in [-0.2, 0) is 0 Å². The minimum atomic E-state index is 0.160. The van der Waals surface area contributed by atoms with Crippen LogP contribution >= 0.6 is 0 Å². The maximum absolute atomic E-state index is 6.32. The molecule has 0 aliphatic carbocycles. The summed E-state index contributed by atoms with van der Waals surface area (Å²) in [5, 5.41) is 7.28. The SMILES string of the molecule is C/C=C(\Nc1ccccc1)C1=C2C(N)=NC=CN2C(C(CC)CCN(C)C)N1. The number of fused-ring (bicyclic) bond motifs is 1. The van der Waals surface area contributed by atoms with Gasteiger partial charge in [-0.2, -0.15) is 0 Å². The Bertz CT molecular complexity index is 791. The molecule has 6 nitrogen and oxygen atoms in total. The number of hydrogen-bond acceptors (Lipinski definition) is 6. The first-order chi connectivity index (χ1) is 13.5. The van der Waals surface area contributed by atoms with Gasteiger partial charge in [0.1, 0.15) is 17.7 Å². The van der Waals surface area contributed by atoms with Crippen molar-refractivity contribution in [1.82, 2.24) is 15.1 Å². The molecule has 3 rings (SSSR count). The fourth-order valence-electron chi connectivity index (χ4n) is 3.74. The lowest BCUT2D eigenvalue weighted by molar-refractivity contribution is 0.210. The van der Waals surface area contributed by atoms with Gasteiger partial charge < -0.3 is 26.2 Å². The second-order valence-corrected chi connectivity index (χ2v) is 7.49. The maximum Gasteiger partial charge on any atom is 0.149 e. The van der Waals surface area contributed by atoms with E-state index in [2.05, 4.69) is 64.7 Å². The molecule has 0 bridgehead atoms. The van der Waals surface area contributed by atoms with Crippen molar-refractivity contribution in [3.05, 3.63) is 65.9 Å². The van der Waals surface area contributed by atoms with Crippen LogP contribution in [0.3, 0.4) is 0 Å². The number of anilines is 1. The lowest BCUT2D eigenvalue weighted by atomic mass is 9.97. The van der Waals surface area contributed by atoms with Gasteiger partial charge in [-0.15, -0.1) is 0 Å². The Balaban J connectivity index is 1.89. The molecule has 0 saturated heterocycles. The van der Waals surface area contributed by atoms with Crippen LogP contribution in [0.4, 0.5) is 5.69 Å². The molecule has 0 radical (unpaired) electrons. The average Bonchev–Trinajstić information content (AvgIpc) is 3.08. The van der Waals surface area contributed by atoms with Gasteiger partial charge in [0.2, 0.25) is 0 Å². The summed E-state index contributed by atoms with van der Waals surface area (Å²) < 4.78 is 0. The number of benzene rings is 1. The molecule has 2 heterocycles. The van der Waals surface area contributed by atoms with Gasteiger partial charge in [0.05, 0.1) is 11.4 Å². The van der Waals surface area contributed by atoms with Crippen molar-refractivity contribution < 1.29 is 0 Å². The Labute approximate surface area is 168 Å². The summed E-state index contributed by atoms with van der Waals surface area (Å²) in [6.07, 6.45) is 8.26. The average molecular weight is 381 g/mol. The van der Waals surface area contributed by atoms with Gasteiger partial charge in [-0.3, -0.25) is 0 Å². The topological polar surface area (TPSA) is 68.9 Å². The van der Waals surface area contributed by atoms with Crippen molar-refractivity contribution in [2.75, 3.05) is 26.0 Å². The zero-order chi connectivity index (χ0) is 20.1. The monoisotopic (exact) mass is 380 g/mol. The van der Waals surface area contributed by atoms with Crippen molar-refractivity contribution in [3.63, 3.8) is 0 Å². The number of nitrogens with two attached hydrogens (primary N) is 1. The van der Waals surface area contributed by atoms with Crippen molar-refractivity contribution >= 4 is 11.5 Å². The van der Waals surface area contributed by atoms with Gasteiger partial charge in [0.15, 0.2) is 0 Å². The molecule has 0 amide bonds. The zero-order valence-corrected chi connectivity index (χ0v) is 17.3. The van der Waals surface area contributed by atoms with Crippen molar-refractivity contribution in [2.45, 2.75) is 32.9 Å². The molecular weight excluding hydrogens is 348 g/mol. The molecule has 0 fully saturated rings. The summed E-state index contributed by atoms with van der Waals surface area (Å²) in [4.78, 5) is 8.84. The molecule has 2 unspecified atom stereocenters. The second-order valence-electron chi connectivity index (χ2n) is 7.49. The third kappa shape index (κ3) is 4.22. The Morgan fingerprint density at radius 2 is 2.11 bits per heavy atom. The summed E-state index contributed by atoms with van der Waals surface area (Å²) >= 11 is 0. The van der Waals surface area contributed by atoms with Crippen molar-refractivity contribution in [2.24, 2.45) is 16.6 Å². The predicted molar refractivity (Wildman–Crippen MR) is 117 cm³/mol. The zero-order valence-electron chi connectivity index (χ0n) is 17.3. The molecule has 1 aromatic carbocycles. The Hall–Kier alpha value is -2.73. The van der Waals surface area contributed by atoms with E-state index in [4.69, 9.17) is 5.73 Å². The predicted octanol–water partition coefficient (Wildman–Crippen LogP) is 3.27. The van der Waals surface area contributed by atoms with Crippen LogP contribution in [0.15, 0.2) is 70.9 Å².